The largest absolute Gasteiger partial charge is 0.493 e. The smallest absolute Gasteiger partial charge is 0.163 e. The number of nitrogens with one attached hydrogen (secondary N) is 1. The fourth-order valence-electron chi connectivity index (χ4n) is 2.18. The normalized spacial score (nSPS) is 10.8. The predicted molar refractivity (Wildman–Crippen MR) is 79.4 cm³/mol. The summed E-state index contributed by atoms with van der Waals surface area (Å²) >= 11 is 0. The molecule has 0 spiro atoms. The van der Waals surface area contributed by atoms with Crippen molar-refractivity contribution in [3.63, 3.8) is 0 Å². The molecule has 4 nitrogen and oxygen atoms in total. The molecule has 0 amide bonds. The van der Waals surface area contributed by atoms with Crippen LogP contribution in [0.25, 0.3) is 22.4 Å². The van der Waals surface area contributed by atoms with E-state index in [-0.39, 0.29) is 0 Å². The number of H-pyrrole nitrogens is 1. The first-order valence-electron chi connectivity index (χ1n) is 6.40. The Bertz CT molecular complexity index is 704. The molecule has 1 aromatic heterocycles. The predicted octanol–water partition coefficient (Wildman–Crippen LogP) is 3.56. The lowest BCUT2D eigenvalue weighted by Crippen LogP contribution is -1.89. The van der Waals surface area contributed by atoms with Gasteiger partial charge in [0.1, 0.15) is 5.82 Å². The zero-order valence-corrected chi connectivity index (χ0v) is 11.7. The molecule has 102 valence electrons. The number of aromatic amines is 1. The maximum Gasteiger partial charge on any atom is 0.163 e. The van der Waals surface area contributed by atoms with Gasteiger partial charge in [0.15, 0.2) is 11.5 Å². The van der Waals surface area contributed by atoms with Crippen LogP contribution in [0.3, 0.4) is 0 Å². The Balaban J connectivity index is 2.12. The number of imidazole rings is 1. The zero-order valence-electron chi connectivity index (χ0n) is 11.7. The Labute approximate surface area is 117 Å². The fourth-order valence-corrected chi connectivity index (χ4v) is 2.18. The molecule has 0 atom stereocenters. The second kappa shape index (κ2) is 4.89. The van der Waals surface area contributed by atoms with Gasteiger partial charge in [-0.25, -0.2) is 4.98 Å². The summed E-state index contributed by atoms with van der Waals surface area (Å²) in [6, 6.07) is 12.0. The van der Waals surface area contributed by atoms with Crippen LogP contribution >= 0.6 is 0 Å². The number of fused-ring (bicyclic) bond motifs is 1. The highest BCUT2D eigenvalue weighted by Crippen LogP contribution is 2.32. The number of rotatable bonds is 3. The van der Waals surface area contributed by atoms with Crippen molar-refractivity contribution in [1.29, 1.82) is 0 Å². The molecule has 3 rings (SSSR count). The standard InChI is InChI=1S/C16H16N2O2/c1-10-4-6-11(7-5-10)16-17-12-8-14(19-2)15(20-3)9-13(12)18-16/h4-9H,1-3H3,(H,17,18). The van der Waals surface area contributed by atoms with Crippen molar-refractivity contribution >= 4 is 11.0 Å². The Morgan fingerprint density at radius 1 is 0.950 bits per heavy atom. The summed E-state index contributed by atoms with van der Waals surface area (Å²) in [6.45, 7) is 2.07. The number of ether oxygens (including phenoxy) is 2. The molecule has 0 bridgehead atoms. The first kappa shape index (κ1) is 12.5. The Kier molecular flexibility index (Phi) is 3.06. The number of methoxy groups -OCH3 is 2. The van der Waals surface area contributed by atoms with E-state index in [1.165, 1.54) is 5.56 Å². The molecule has 0 aliphatic carbocycles. The Morgan fingerprint density at radius 2 is 1.60 bits per heavy atom. The first-order valence-corrected chi connectivity index (χ1v) is 6.40. The molecular weight excluding hydrogens is 252 g/mol. The molecule has 20 heavy (non-hydrogen) atoms. The van der Waals surface area contributed by atoms with Crippen molar-refractivity contribution in [2.75, 3.05) is 14.2 Å². The summed E-state index contributed by atoms with van der Waals surface area (Å²) in [5, 5.41) is 0. The van der Waals surface area contributed by atoms with Crippen LogP contribution < -0.4 is 9.47 Å². The molecule has 0 aliphatic rings. The third-order valence-electron chi connectivity index (χ3n) is 3.31. The van der Waals surface area contributed by atoms with Crippen LogP contribution in [0.4, 0.5) is 0 Å². The summed E-state index contributed by atoms with van der Waals surface area (Å²) in [7, 11) is 3.25. The van der Waals surface area contributed by atoms with Gasteiger partial charge in [0, 0.05) is 17.7 Å². The average molecular weight is 268 g/mol. The summed E-state index contributed by atoms with van der Waals surface area (Å²) < 4.78 is 10.6. The van der Waals surface area contributed by atoms with Gasteiger partial charge < -0.3 is 14.5 Å². The highest BCUT2D eigenvalue weighted by Gasteiger charge is 2.10. The van der Waals surface area contributed by atoms with Crippen molar-refractivity contribution in [2.24, 2.45) is 0 Å². The number of hydrogen-bond acceptors (Lipinski definition) is 3. The highest BCUT2D eigenvalue weighted by atomic mass is 16.5. The molecular formula is C16H16N2O2. The second-order valence-corrected chi connectivity index (χ2v) is 4.68. The lowest BCUT2D eigenvalue weighted by molar-refractivity contribution is 0.356. The SMILES string of the molecule is COc1cc2nc(-c3ccc(C)cc3)[nH]c2cc1OC. The van der Waals surface area contributed by atoms with Crippen LogP contribution in [0.5, 0.6) is 11.5 Å². The van der Waals surface area contributed by atoms with Gasteiger partial charge in [0.05, 0.1) is 25.3 Å². The van der Waals surface area contributed by atoms with Gasteiger partial charge in [-0.05, 0) is 6.92 Å². The van der Waals surface area contributed by atoms with Crippen molar-refractivity contribution < 1.29 is 9.47 Å². The Hall–Kier alpha value is -2.49. The summed E-state index contributed by atoms with van der Waals surface area (Å²) in [5.41, 5.74) is 4.08. The van der Waals surface area contributed by atoms with E-state index in [2.05, 4.69) is 41.2 Å². The van der Waals surface area contributed by atoms with Crippen LogP contribution in [-0.2, 0) is 0 Å². The first-order chi connectivity index (χ1) is 9.71. The molecule has 2 aromatic carbocycles. The van der Waals surface area contributed by atoms with Crippen LogP contribution in [0.15, 0.2) is 36.4 Å². The van der Waals surface area contributed by atoms with E-state index in [1.54, 1.807) is 14.2 Å². The third kappa shape index (κ3) is 2.09. The van der Waals surface area contributed by atoms with Crippen LogP contribution in [0, 0.1) is 6.92 Å². The molecule has 3 aromatic rings. The van der Waals surface area contributed by atoms with Gasteiger partial charge >= 0.3 is 0 Å². The molecule has 4 heteroatoms. The van der Waals surface area contributed by atoms with Gasteiger partial charge in [0.2, 0.25) is 0 Å². The van der Waals surface area contributed by atoms with Crippen LogP contribution in [0.1, 0.15) is 5.56 Å². The molecule has 0 unspecified atom stereocenters. The van der Waals surface area contributed by atoms with E-state index in [0.717, 1.165) is 22.4 Å². The molecule has 0 saturated heterocycles. The van der Waals surface area contributed by atoms with E-state index in [4.69, 9.17) is 9.47 Å². The van der Waals surface area contributed by atoms with Gasteiger partial charge in [-0.15, -0.1) is 0 Å². The minimum atomic E-state index is 0.682. The van der Waals surface area contributed by atoms with E-state index < -0.39 is 0 Å². The maximum atomic E-state index is 5.30. The van der Waals surface area contributed by atoms with E-state index in [9.17, 15) is 0 Å². The summed E-state index contributed by atoms with van der Waals surface area (Å²) in [4.78, 5) is 7.92. The molecule has 1 N–H and O–H groups in total. The Morgan fingerprint density at radius 3 is 2.25 bits per heavy atom. The monoisotopic (exact) mass is 268 g/mol. The van der Waals surface area contributed by atoms with Crippen molar-refractivity contribution in [1.82, 2.24) is 9.97 Å². The number of nitrogens with zero attached hydrogens (tertiary/aromatic N) is 1. The molecule has 0 aliphatic heterocycles. The van der Waals surface area contributed by atoms with E-state index >= 15 is 0 Å². The average Bonchev–Trinajstić information content (AvgIpc) is 2.89. The second-order valence-electron chi connectivity index (χ2n) is 4.68. The zero-order chi connectivity index (χ0) is 14.1. The maximum absolute atomic E-state index is 5.30. The number of hydrogen-bond donors (Lipinski definition) is 1. The molecule has 0 saturated carbocycles. The topological polar surface area (TPSA) is 47.1 Å². The number of aryl methyl sites for hydroxylation is 1. The van der Waals surface area contributed by atoms with E-state index in [0.29, 0.717) is 11.5 Å². The van der Waals surface area contributed by atoms with Crippen LogP contribution in [-0.4, -0.2) is 24.2 Å². The highest BCUT2D eigenvalue weighted by molar-refractivity contribution is 5.83. The lowest BCUT2D eigenvalue weighted by Gasteiger charge is -2.06. The van der Waals surface area contributed by atoms with Crippen molar-refractivity contribution in [3.8, 4) is 22.9 Å². The fraction of sp³-hybridized carbons (Fsp3) is 0.188. The summed E-state index contributed by atoms with van der Waals surface area (Å²) in [6.07, 6.45) is 0. The van der Waals surface area contributed by atoms with Gasteiger partial charge in [-0.1, -0.05) is 29.8 Å². The minimum absolute atomic E-state index is 0.682. The van der Waals surface area contributed by atoms with Crippen molar-refractivity contribution in [2.45, 2.75) is 6.92 Å². The number of benzene rings is 2. The lowest BCUT2D eigenvalue weighted by atomic mass is 10.1. The quantitative estimate of drug-likeness (QED) is 0.790. The van der Waals surface area contributed by atoms with Crippen molar-refractivity contribution in [3.05, 3.63) is 42.0 Å². The number of aromatic nitrogens is 2. The minimum Gasteiger partial charge on any atom is -0.493 e. The molecule has 0 radical (unpaired) electrons. The molecule has 0 fully saturated rings. The third-order valence-corrected chi connectivity index (χ3v) is 3.31. The van der Waals surface area contributed by atoms with Gasteiger partial charge in [-0.2, -0.15) is 0 Å². The van der Waals surface area contributed by atoms with Gasteiger partial charge in [-0.3, -0.25) is 0 Å². The summed E-state index contributed by atoms with van der Waals surface area (Å²) in [5.74, 6) is 2.22. The molecule has 1 heterocycles. The van der Waals surface area contributed by atoms with E-state index in [1.807, 2.05) is 12.1 Å². The van der Waals surface area contributed by atoms with Crippen LogP contribution in [0.2, 0.25) is 0 Å². The van der Waals surface area contributed by atoms with Gasteiger partial charge in [0.25, 0.3) is 0 Å².